The van der Waals surface area contributed by atoms with E-state index in [1.54, 1.807) is 6.92 Å². The fourth-order valence-electron chi connectivity index (χ4n) is 0.838. The SMILES string of the molecule is CC(C)c1ccccc1.CCCF. The third-order valence-corrected chi connectivity index (χ3v) is 1.66. The van der Waals surface area contributed by atoms with Crippen LogP contribution in [0.15, 0.2) is 30.3 Å². The molecule has 0 aliphatic heterocycles. The molecule has 0 spiro atoms. The lowest BCUT2D eigenvalue weighted by atomic mass is 10.0. The second-order valence-electron chi connectivity index (χ2n) is 3.25. The van der Waals surface area contributed by atoms with E-state index in [0.29, 0.717) is 12.3 Å². The molecule has 1 heteroatoms. The highest BCUT2D eigenvalue weighted by molar-refractivity contribution is 5.17. The van der Waals surface area contributed by atoms with Gasteiger partial charge in [0.2, 0.25) is 0 Å². The summed E-state index contributed by atoms with van der Waals surface area (Å²) < 4.78 is 10.7. The third kappa shape index (κ3) is 6.32. The molecule has 0 aliphatic carbocycles. The predicted octanol–water partition coefficient (Wildman–Crippen LogP) is 4.18. The molecule has 0 radical (unpaired) electrons. The lowest BCUT2D eigenvalue weighted by Gasteiger charge is -2.01. The Morgan fingerprint density at radius 3 is 1.85 bits per heavy atom. The Morgan fingerprint density at radius 1 is 1.15 bits per heavy atom. The van der Waals surface area contributed by atoms with Crippen LogP contribution in [0.3, 0.4) is 0 Å². The van der Waals surface area contributed by atoms with Crippen LogP contribution in [0.2, 0.25) is 0 Å². The van der Waals surface area contributed by atoms with Crippen molar-refractivity contribution in [3.05, 3.63) is 35.9 Å². The number of hydrogen-bond acceptors (Lipinski definition) is 0. The third-order valence-electron chi connectivity index (χ3n) is 1.66. The van der Waals surface area contributed by atoms with Crippen LogP contribution in [-0.4, -0.2) is 6.67 Å². The van der Waals surface area contributed by atoms with E-state index in [0.717, 1.165) is 0 Å². The van der Waals surface area contributed by atoms with Crippen LogP contribution >= 0.6 is 0 Å². The van der Waals surface area contributed by atoms with Gasteiger partial charge in [-0.3, -0.25) is 4.39 Å². The van der Waals surface area contributed by atoms with Crippen LogP contribution < -0.4 is 0 Å². The Bertz CT molecular complexity index is 190. The van der Waals surface area contributed by atoms with Crippen molar-refractivity contribution in [3.8, 4) is 0 Å². The minimum absolute atomic E-state index is 0.181. The normalized spacial score (nSPS) is 9.31. The average molecular weight is 182 g/mol. The highest BCUT2D eigenvalue weighted by Crippen LogP contribution is 2.11. The topological polar surface area (TPSA) is 0 Å². The molecule has 0 unspecified atom stereocenters. The van der Waals surface area contributed by atoms with Gasteiger partial charge in [-0.15, -0.1) is 0 Å². The van der Waals surface area contributed by atoms with Gasteiger partial charge >= 0.3 is 0 Å². The lowest BCUT2D eigenvalue weighted by molar-refractivity contribution is 0.487. The molecule has 0 fully saturated rings. The van der Waals surface area contributed by atoms with Gasteiger partial charge in [0.25, 0.3) is 0 Å². The molecule has 0 aromatic heterocycles. The molecule has 1 rings (SSSR count). The first-order valence-corrected chi connectivity index (χ1v) is 4.83. The van der Waals surface area contributed by atoms with E-state index < -0.39 is 0 Å². The van der Waals surface area contributed by atoms with Gasteiger partial charge in [0, 0.05) is 0 Å². The van der Waals surface area contributed by atoms with Crippen molar-refractivity contribution < 1.29 is 4.39 Å². The van der Waals surface area contributed by atoms with Crippen molar-refractivity contribution in [2.24, 2.45) is 0 Å². The van der Waals surface area contributed by atoms with E-state index in [2.05, 4.69) is 38.1 Å². The second-order valence-corrected chi connectivity index (χ2v) is 3.25. The van der Waals surface area contributed by atoms with Gasteiger partial charge in [0.15, 0.2) is 0 Å². The standard InChI is InChI=1S/C9H12.C3H7F/c1-8(2)9-6-4-3-5-7-9;1-2-3-4/h3-8H,1-2H3;2-3H2,1H3. The van der Waals surface area contributed by atoms with Gasteiger partial charge in [0.1, 0.15) is 0 Å². The minimum Gasteiger partial charge on any atom is -0.251 e. The summed E-state index contributed by atoms with van der Waals surface area (Å²) in [5.41, 5.74) is 1.41. The zero-order valence-electron chi connectivity index (χ0n) is 8.76. The van der Waals surface area contributed by atoms with Crippen LogP contribution in [0.1, 0.15) is 38.7 Å². The molecule has 0 saturated carbocycles. The molecule has 1 aromatic rings. The summed E-state index contributed by atoms with van der Waals surface area (Å²) >= 11 is 0. The largest absolute Gasteiger partial charge is 0.251 e. The van der Waals surface area contributed by atoms with Gasteiger partial charge in [0.05, 0.1) is 6.67 Å². The molecule has 1 aromatic carbocycles. The Morgan fingerprint density at radius 2 is 1.62 bits per heavy atom. The van der Waals surface area contributed by atoms with Crippen LogP contribution in [0.5, 0.6) is 0 Å². The average Bonchev–Trinajstić information content (AvgIpc) is 2.19. The monoisotopic (exact) mass is 182 g/mol. The Hall–Kier alpha value is -0.850. The number of hydrogen-bond donors (Lipinski definition) is 0. The van der Waals surface area contributed by atoms with Gasteiger partial charge in [-0.1, -0.05) is 51.1 Å². The summed E-state index contributed by atoms with van der Waals surface area (Å²) in [5, 5.41) is 0. The van der Waals surface area contributed by atoms with E-state index in [9.17, 15) is 4.39 Å². The zero-order chi connectivity index (χ0) is 10.1. The first kappa shape index (κ1) is 12.2. The van der Waals surface area contributed by atoms with Crippen molar-refractivity contribution in [1.29, 1.82) is 0 Å². The summed E-state index contributed by atoms with van der Waals surface area (Å²) in [6.07, 6.45) is 0.653. The first-order chi connectivity index (χ1) is 6.22. The van der Waals surface area contributed by atoms with Gasteiger partial charge in [-0.05, 0) is 17.9 Å². The number of benzene rings is 1. The van der Waals surface area contributed by atoms with Crippen LogP contribution in [0.25, 0.3) is 0 Å². The molecule has 0 atom stereocenters. The maximum absolute atomic E-state index is 10.7. The van der Waals surface area contributed by atoms with E-state index in [1.165, 1.54) is 5.56 Å². The smallest absolute Gasteiger partial charge is 0.0891 e. The molecule has 0 bridgehead atoms. The number of halogens is 1. The number of rotatable bonds is 2. The molecule has 0 saturated heterocycles. The highest BCUT2D eigenvalue weighted by Gasteiger charge is 1.93. The van der Waals surface area contributed by atoms with E-state index >= 15 is 0 Å². The van der Waals surface area contributed by atoms with Crippen molar-refractivity contribution >= 4 is 0 Å². The molecule has 0 N–H and O–H groups in total. The van der Waals surface area contributed by atoms with Crippen LogP contribution in [0, 0.1) is 0 Å². The van der Waals surface area contributed by atoms with Crippen molar-refractivity contribution in [3.63, 3.8) is 0 Å². The fourth-order valence-corrected chi connectivity index (χ4v) is 0.838. The van der Waals surface area contributed by atoms with Crippen LogP contribution in [-0.2, 0) is 0 Å². The summed E-state index contributed by atoms with van der Waals surface area (Å²) in [7, 11) is 0. The molecule has 0 heterocycles. The van der Waals surface area contributed by atoms with Crippen LogP contribution in [0.4, 0.5) is 4.39 Å². The van der Waals surface area contributed by atoms with E-state index in [4.69, 9.17) is 0 Å². The highest BCUT2D eigenvalue weighted by atomic mass is 19.1. The minimum atomic E-state index is -0.181. The Balaban J connectivity index is 0.000000310. The summed E-state index contributed by atoms with van der Waals surface area (Å²) in [4.78, 5) is 0. The fraction of sp³-hybridized carbons (Fsp3) is 0.500. The summed E-state index contributed by atoms with van der Waals surface area (Å²) in [6, 6.07) is 10.5. The number of alkyl halides is 1. The molecule has 0 aliphatic rings. The zero-order valence-corrected chi connectivity index (χ0v) is 8.76. The first-order valence-electron chi connectivity index (χ1n) is 4.83. The Kier molecular flexibility index (Phi) is 7.27. The molecule has 0 nitrogen and oxygen atoms in total. The molecular weight excluding hydrogens is 163 g/mol. The quantitative estimate of drug-likeness (QED) is 0.643. The molecule has 0 amide bonds. The molecular formula is C12H19F. The summed E-state index contributed by atoms with van der Waals surface area (Å²) in [5.74, 6) is 0.659. The maximum Gasteiger partial charge on any atom is 0.0891 e. The van der Waals surface area contributed by atoms with E-state index in [1.807, 2.05) is 6.07 Å². The second kappa shape index (κ2) is 7.78. The van der Waals surface area contributed by atoms with Crippen molar-refractivity contribution in [2.75, 3.05) is 6.67 Å². The maximum atomic E-state index is 10.7. The van der Waals surface area contributed by atoms with Gasteiger partial charge in [-0.2, -0.15) is 0 Å². The Labute approximate surface area is 80.8 Å². The van der Waals surface area contributed by atoms with E-state index in [-0.39, 0.29) is 6.67 Å². The van der Waals surface area contributed by atoms with Crippen molar-refractivity contribution in [1.82, 2.24) is 0 Å². The van der Waals surface area contributed by atoms with Gasteiger partial charge in [-0.25, -0.2) is 0 Å². The summed E-state index contributed by atoms with van der Waals surface area (Å²) in [6.45, 7) is 6.03. The van der Waals surface area contributed by atoms with Crippen molar-refractivity contribution in [2.45, 2.75) is 33.1 Å². The predicted molar refractivity (Wildman–Crippen MR) is 56.8 cm³/mol. The van der Waals surface area contributed by atoms with Gasteiger partial charge < -0.3 is 0 Å². The molecule has 74 valence electrons. The lowest BCUT2D eigenvalue weighted by Crippen LogP contribution is -1.83. The molecule has 13 heavy (non-hydrogen) atoms.